The molecule has 5 heteroatoms. The van der Waals surface area contributed by atoms with Crippen molar-refractivity contribution in [1.29, 1.82) is 0 Å². The van der Waals surface area contributed by atoms with Gasteiger partial charge in [-0.05, 0) is 36.2 Å². The van der Waals surface area contributed by atoms with E-state index >= 15 is 0 Å². The minimum Gasteiger partial charge on any atom is -0.347 e. The molecule has 0 bridgehead atoms. The van der Waals surface area contributed by atoms with E-state index in [9.17, 15) is 9.18 Å². The summed E-state index contributed by atoms with van der Waals surface area (Å²) in [5.74, 6) is -1.06. The first-order valence-corrected chi connectivity index (χ1v) is 5.47. The smallest absolute Gasteiger partial charge is 0.270 e. The van der Waals surface area contributed by atoms with Crippen LogP contribution in [-0.2, 0) is 6.54 Å². The van der Waals surface area contributed by atoms with Crippen molar-refractivity contribution < 1.29 is 9.18 Å². The molecule has 0 aliphatic rings. The molecular formula is C13H12FN3O. The van der Waals surface area contributed by atoms with Crippen LogP contribution in [0.3, 0.4) is 0 Å². The normalized spacial score (nSPS) is 10.1. The molecule has 2 heterocycles. The Labute approximate surface area is 104 Å². The van der Waals surface area contributed by atoms with Gasteiger partial charge in [0.05, 0.1) is 0 Å². The zero-order valence-electron chi connectivity index (χ0n) is 9.85. The molecule has 0 fully saturated rings. The maximum atomic E-state index is 12.9. The van der Waals surface area contributed by atoms with Crippen molar-refractivity contribution in [2.24, 2.45) is 0 Å². The summed E-state index contributed by atoms with van der Waals surface area (Å²) in [6.07, 6.45) is 3.39. The summed E-state index contributed by atoms with van der Waals surface area (Å²) in [4.78, 5) is 19.2. The molecule has 0 radical (unpaired) electrons. The van der Waals surface area contributed by atoms with Crippen molar-refractivity contribution in [1.82, 2.24) is 15.3 Å². The second-order valence-corrected chi connectivity index (χ2v) is 3.83. The van der Waals surface area contributed by atoms with Gasteiger partial charge in [0.2, 0.25) is 5.95 Å². The van der Waals surface area contributed by atoms with Crippen molar-refractivity contribution in [3.05, 3.63) is 59.4 Å². The van der Waals surface area contributed by atoms with Crippen molar-refractivity contribution in [2.75, 3.05) is 0 Å². The number of amides is 1. The number of rotatable bonds is 3. The maximum Gasteiger partial charge on any atom is 0.270 e. The zero-order valence-corrected chi connectivity index (χ0v) is 9.85. The second kappa shape index (κ2) is 5.35. The molecule has 0 aliphatic carbocycles. The number of halogens is 1. The Morgan fingerprint density at radius 2 is 2.22 bits per heavy atom. The highest BCUT2D eigenvalue weighted by Gasteiger charge is 2.08. The van der Waals surface area contributed by atoms with Gasteiger partial charge in [0.1, 0.15) is 5.69 Å². The number of hydrogen-bond acceptors (Lipinski definition) is 3. The van der Waals surface area contributed by atoms with Gasteiger partial charge in [-0.3, -0.25) is 9.78 Å². The van der Waals surface area contributed by atoms with Gasteiger partial charge in [-0.25, -0.2) is 4.98 Å². The molecule has 0 unspecified atom stereocenters. The molecule has 4 nitrogen and oxygen atoms in total. The van der Waals surface area contributed by atoms with E-state index in [4.69, 9.17) is 0 Å². The Kier molecular flexibility index (Phi) is 3.62. The molecule has 2 aromatic heterocycles. The molecule has 0 atom stereocenters. The van der Waals surface area contributed by atoms with Gasteiger partial charge in [0, 0.05) is 18.9 Å². The molecule has 2 rings (SSSR count). The van der Waals surface area contributed by atoms with Crippen LogP contribution in [0.4, 0.5) is 4.39 Å². The van der Waals surface area contributed by atoms with Crippen LogP contribution in [-0.4, -0.2) is 15.9 Å². The summed E-state index contributed by atoms with van der Waals surface area (Å²) in [6, 6.07) is 5.95. The van der Waals surface area contributed by atoms with Gasteiger partial charge < -0.3 is 5.32 Å². The molecule has 18 heavy (non-hydrogen) atoms. The number of aromatic nitrogens is 2. The van der Waals surface area contributed by atoms with Crippen LogP contribution < -0.4 is 5.32 Å². The fourth-order valence-electron chi connectivity index (χ4n) is 1.50. The number of hydrogen-bond donors (Lipinski definition) is 1. The number of carbonyl (C=O) groups excluding carboxylic acids is 1. The van der Waals surface area contributed by atoms with E-state index in [2.05, 4.69) is 15.3 Å². The number of aryl methyl sites for hydroxylation is 1. The van der Waals surface area contributed by atoms with Crippen LogP contribution in [0, 0.1) is 12.9 Å². The number of nitrogens with one attached hydrogen (secondary N) is 1. The number of pyridine rings is 2. The maximum absolute atomic E-state index is 12.9. The third-order valence-corrected chi connectivity index (χ3v) is 2.52. The van der Waals surface area contributed by atoms with Gasteiger partial charge in [0.25, 0.3) is 5.91 Å². The molecule has 0 saturated carbocycles. The summed E-state index contributed by atoms with van der Waals surface area (Å²) in [5, 5.41) is 2.69. The quantitative estimate of drug-likeness (QED) is 0.840. The summed E-state index contributed by atoms with van der Waals surface area (Å²) >= 11 is 0. The topological polar surface area (TPSA) is 54.9 Å². The molecule has 1 N–H and O–H groups in total. The van der Waals surface area contributed by atoms with E-state index in [1.54, 1.807) is 12.4 Å². The highest BCUT2D eigenvalue weighted by Crippen LogP contribution is 2.05. The van der Waals surface area contributed by atoms with Crippen molar-refractivity contribution >= 4 is 5.91 Å². The van der Waals surface area contributed by atoms with Gasteiger partial charge in [-0.2, -0.15) is 4.39 Å². The average Bonchev–Trinajstić information content (AvgIpc) is 2.37. The highest BCUT2D eigenvalue weighted by molar-refractivity contribution is 5.92. The van der Waals surface area contributed by atoms with Crippen LogP contribution in [0.2, 0.25) is 0 Å². The minimum absolute atomic E-state index is 0.0710. The first-order valence-electron chi connectivity index (χ1n) is 5.47. The summed E-state index contributed by atoms with van der Waals surface area (Å²) in [7, 11) is 0. The summed E-state index contributed by atoms with van der Waals surface area (Å²) < 4.78 is 12.9. The Hall–Kier alpha value is -2.30. The third kappa shape index (κ3) is 2.88. The molecule has 0 aliphatic heterocycles. The molecule has 2 aromatic rings. The standard InChI is InChI=1S/C13H12FN3O/c1-9-7-15-6-5-10(9)8-16-13(18)11-3-2-4-12(14)17-11/h2-7H,8H2,1H3,(H,16,18). The first-order chi connectivity index (χ1) is 8.66. The van der Waals surface area contributed by atoms with Crippen LogP contribution >= 0.6 is 0 Å². The van der Waals surface area contributed by atoms with Crippen LogP contribution in [0.1, 0.15) is 21.6 Å². The molecule has 0 saturated heterocycles. The van der Waals surface area contributed by atoms with E-state index in [0.717, 1.165) is 11.1 Å². The lowest BCUT2D eigenvalue weighted by Gasteiger charge is -2.06. The van der Waals surface area contributed by atoms with E-state index < -0.39 is 11.9 Å². The summed E-state index contributed by atoms with van der Waals surface area (Å²) in [6.45, 7) is 2.28. The Balaban J connectivity index is 2.03. The van der Waals surface area contributed by atoms with Crippen LogP contribution in [0.25, 0.3) is 0 Å². The van der Waals surface area contributed by atoms with Crippen LogP contribution in [0.15, 0.2) is 36.7 Å². The van der Waals surface area contributed by atoms with E-state index in [-0.39, 0.29) is 5.69 Å². The molecule has 0 spiro atoms. The average molecular weight is 245 g/mol. The molecule has 0 aromatic carbocycles. The van der Waals surface area contributed by atoms with Gasteiger partial charge in [-0.1, -0.05) is 6.07 Å². The number of nitrogens with zero attached hydrogens (tertiary/aromatic N) is 2. The fraction of sp³-hybridized carbons (Fsp3) is 0.154. The third-order valence-electron chi connectivity index (χ3n) is 2.52. The van der Waals surface area contributed by atoms with E-state index in [1.807, 2.05) is 13.0 Å². The van der Waals surface area contributed by atoms with Crippen molar-refractivity contribution in [2.45, 2.75) is 13.5 Å². The SMILES string of the molecule is Cc1cnccc1CNC(=O)c1cccc(F)n1. The lowest BCUT2D eigenvalue weighted by molar-refractivity contribution is 0.0944. The highest BCUT2D eigenvalue weighted by atomic mass is 19.1. The predicted octanol–water partition coefficient (Wildman–Crippen LogP) is 1.85. The second-order valence-electron chi connectivity index (χ2n) is 3.83. The van der Waals surface area contributed by atoms with Crippen LogP contribution in [0.5, 0.6) is 0 Å². The number of carbonyl (C=O) groups is 1. The van der Waals surface area contributed by atoms with E-state index in [1.165, 1.54) is 18.2 Å². The molecular weight excluding hydrogens is 233 g/mol. The van der Waals surface area contributed by atoms with Gasteiger partial charge >= 0.3 is 0 Å². The minimum atomic E-state index is -0.664. The molecule has 92 valence electrons. The first kappa shape index (κ1) is 12.2. The molecule has 1 amide bonds. The van der Waals surface area contributed by atoms with Gasteiger partial charge in [-0.15, -0.1) is 0 Å². The van der Waals surface area contributed by atoms with E-state index in [0.29, 0.717) is 6.54 Å². The monoisotopic (exact) mass is 245 g/mol. The zero-order chi connectivity index (χ0) is 13.0. The van der Waals surface area contributed by atoms with Crippen molar-refractivity contribution in [3.63, 3.8) is 0 Å². The lowest BCUT2D eigenvalue weighted by Crippen LogP contribution is -2.24. The fourth-order valence-corrected chi connectivity index (χ4v) is 1.50. The Morgan fingerprint density at radius 1 is 1.39 bits per heavy atom. The summed E-state index contributed by atoms with van der Waals surface area (Å²) in [5.41, 5.74) is 2.03. The Morgan fingerprint density at radius 3 is 2.94 bits per heavy atom. The van der Waals surface area contributed by atoms with Gasteiger partial charge in [0.15, 0.2) is 0 Å². The Bertz CT molecular complexity index is 572. The predicted molar refractivity (Wildman–Crippen MR) is 64.3 cm³/mol. The lowest BCUT2D eigenvalue weighted by atomic mass is 10.1. The largest absolute Gasteiger partial charge is 0.347 e. The van der Waals surface area contributed by atoms with Crippen molar-refractivity contribution in [3.8, 4) is 0 Å².